The van der Waals surface area contributed by atoms with Crippen LogP contribution in [0.2, 0.25) is 0 Å². The van der Waals surface area contributed by atoms with E-state index in [0.717, 1.165) is 42.7 Å². The quantitative estimate of drug-likeness (QED) is 0.837. The number of hydrogen-bond acceptors (Lipinski definition) is 4. The zero-order valence-corrected chi connectivity index (χ0v) is 16.0. The molecule has 5 nitrogen and oxygen atoms in total. The monoisotopic (exact) mass is 386 g/mol. The number of nitrogens with zero attached hydrogens (tertiary/aromatic N) is 1. The molecule has 0 aromatic carbocycles. The number of furan rings is 1. The third-order valence-corrected chi connectivity index (χ3v) is 4.55. The maximum Gasteiger partial charge on any atom is 0.410 e. The Labute approximate surface area is 146 Å². The summed E-state index contributed by atoms with van der Waals surface area (Å²) in [5.74, 6) is 0.935. The third-order valence-electron chi connectivity index (χ3n) is 4.12. The standard InChI is InChI=1S/C17H27BrN2O3/c1-17(2,3)23-16(21)20(4)13-7-5-12(6-8-13)19-11-14-9-10-15(18)22-14/h9-10,12-13,19H,5-8,11H2,1-4H3. The first-order valence-electron chi connectivity index (χ1n) is 8.18. The van der Waals surface area contributed by atoms with Gasteiger partial charge in [-0.1, -0.05) is 0 Å². The summed E-state index contributed by atoms with van der Waals surface area (Å²) in [5.41, 5.74) is -0.443. The van der Waals surface area contributed by atoms with Crippen LogP contribution in [-0.4, -0.2) is 35.7 Å². The lowest BCUT2D eigenvalue weighted by Crippen LogP contribution is -2.44. The van der Waals surface area contributed by atoms with Gasteiger partial charge in [-0.05, 0) is 74.5 Å². The van der Waals surface area contributed by atoms with Crippen LogP contribution in [0.15, 0.2) is 21.2 Å². The topological polar surface area (TPSA) is 54.7 Å². The van der Waals surface area contributed by atoms with Gasteiger partial charge in [0.25, 0.3) is 0 Å². The number of ether oxygens (including phenoxy) is 1. The van der Waals surface area contributed by atoms with Gasteiger partial charge < -0.3 is 19.4 Å². The Hall–Kier alpha value is -1.01. The Morgan fingerprint density at radius 3 is 2.52 bits per heavy atom. The van der Waals surface area contributed by atoms with Crippen molar-refractivity contribution in [3.8, 4) is 0 Å². The summed E-state index contributed by atoms with van der Waals surface area (Å²) in [7, 11) is 1.84. The van der Waals surface area contributed by atoms with Crippen molar-refractivity contribution in [2.24, 2.45) is 0 Å². The normalized spacial score (nSPS) is 22.0. The second-order valence-electron chi connectivity index (χ2n) is 7.18. The van der Waals surface area contributed by atoms with Crippen LogP contribution >= 0.6 is 15.9 Å². The summed E-state index contributed by atoms with van der Waals surface area (Å²) in [5, 5.41) is 3.53. The zero-order valence-electron chi connectivity index (χ0n) is 14.4. The van der Waals surface area contributed by atoms with Crippen LogP contribution in [-0.2, 0) is 11.3 Å². The van der Waals surface area contributed by atoms with Gasteiger partial charge in [0.15, 0.2) is 4.67 Å². The maximum atomic E-state index is 12.1. The highest BCUT2D eigenvalue weighted by Gasteiger charge is 2.29. The van der Waals surface area contributed by atoms with Crippen molar-refractivity contribution in [1.29, 1.82) is 0 Å². The molecule has 1 heterocycles. The minimum Gasteiger partial charge on any atom is -0.453 e. The van der Waals surface area contributed by atoms with Crippen LogP contribution in [0.5, 0.6) is 0 Å². The fourth-order valence-electron chi connectivity index (χ4n) is 2.84. The van der Waals surface area contributed by atoms with Gasteiger partial charge in [-0.25, -0.2) is 4.79 Å². The number of nitrogens with one attached hydrogen (secondary N) is 1. The molecular formula is C17H27BrN2O3. The average Bonchev–Trinajstić information content (AvgIpc) is 2.89. The number of rotatable bonds is 4. The van der Waals surface area contributed by atoms with Crippen molar-refractivity contribution in [2.75, 3.05) is 7.05 Å². The van der Waals surface area contributed by atoms with E-state index in [1.165, 1.54) is 0 Å². The van der Waals surface area contributed by atoms with Crippen LogP contribution in [0.4, 0.5) is 4.79 Å². The largest absolute Gasteiger partial charge is 0.453 e. The number of carbonyl (C=O) groups is 1. The SMILES string of the molecule is CN(C(=O)OC(C)(C)C)C1CCC(NCc2ccc(Br)o2)CC1. The Kier molecular flexibility index (Phi) is 6.14. The Bertz CT molecular complexity index is 516. The highest BCUT2D eigenvalue weighted by Crippen LogP contribution is 2.24. The Balaban J connectivity index is 1.73. The maximum absolute atomic E-state index is 12.1. The molecule has 6 heteroatoms. The molecule has 1 aliphatic carbocycles. The van der Waals surface area contributed by atoms with Gasteiger partial charge >= 0.3 is 6.09 Å². The van der Waals surface area contributed by atoms with E-state index in [2.05, 4.69) is 21.2 Å². The molecule has 0 radical (unpaired) electrons. The second kappa shape index (κ2) is 7.71. The highest BCUT2D eigenvalue weighted by atomic mass is 79.9. The summed E-state index contributed by atoms with van der Waals surface area (Å²) in [6, 6.07) is 4.62. The van der Waals surface area contributed by atoms with Gasteiger partial charge in [0.2, 0.25) is 0 Å². The number of hydrogen-bond donors (Lipinski definition) is 1. The van der Waals surface area contributed by atoms with Crippen molar-refractivity contribution in [3.05, 3.63) is 22.6 Å². The Morgan fingerprint density at radius 1 is 1.35 bits per heavy atom. The van der Waals surface area contributed by atoms with E-state index < -0.39 is 5.60 Å². The molecule has 1 aromatic heterocycles. The van der Waals surface area contributed by atoms with E-state index in [-0.39, 0.29) is 12.1 Å². The van der Waals surface area contributed by atoms with Crippen LogP contribution in [0.1, 0.15) is 52.2 Å². The van der Waals surface area contributed by atoms with Crippen LogP contribution < -0.4 is 5.32 Å². The van der Waals surface area contributed by atoms with E-state index in [9.17, 15) is 4.79 Å². The molecule has 0 unspecified atom stereocenters. The molecule has 0 saturated heterocycles. The number of amides is 1. The first-order chi connectivity index (χ1) is 10.7. The molecule has 1 saturated carbocycles. The van der Waals surface area contributed by atoms with Crippen molar-refractivity contribution in [2.45, 2.75) is 70.7 Å². The van der Waals surface area contributed by atoms with E-state index in [0.29, 0.717) is 6.04 Å². The van der Waals surface area contributed by atoms with E-state index >= 15 is 0 Å². The van der Waals surface area contributed by atoms with Gasteiger partial charge in [0, 0.05) is 19.1 Å². The lowest BCUT2D eigenvalue weighted by Gasteiger charge is -2.35. The molecule has 130 valence electrons. The fourth-order valence-corrected chi connectivity index (χ4v) is 3.18. The smallest absolute Gasteiger partial charge is 0.410 e. The second-order valence-corrected chi connectivity index (χ2v) is 7.96. The molecule has 2 rings (SSSR count). The molecule has 0 bridgehead atoms. The van der Waals surface area contributed by atoms with Crippen LogP contribution in [0, 0.1) is 0 Å². The van der Waals surface area contributed by atoms with Crippen molar-refractivity contribution >= 4 is 22.0 Å². The van der Waals surface area contributed by atoms with Gasteiger partial charge in [-0.15, -0.1) is 0 Å². The lowest BCUT2D eigenvalue weighted by molar-refractivity contribution is 0.0179. The molecule has 0 spiro atoms. The summed E-state index contributed by atoms with van der Waals surface area (Å²) in [4.78, 5) is 13.9. The van der Waals surface area contributed by atoms with Gasteiger partial charge in [-0.2, -0.15) is 0 Å². The van der Waals surface area contributed by atoms with Crippen LogP contribution in [0.25, 0.3) is 0 Å². The molecule has 1 amide bonds. The van der Waals surface area contributed by atoms with Crippen molar-refractivity contribution < 1.29 is 13.9 Å². The number of halogens is 1. The van der Waals surface area contributed by atoms with E-state index in [1.807, 2.05) is 40.0 Å². The summed E-state index contributed by atoms with van der Waals surface area (Å²) in [6.07, 6.45) is 3.87. The number of carbonyl (C=O) groups excluding carboxylic acids is 1. The predicted octanol–water partition coefficient (Wildman–Crippen LogP) is 4.31. The zero-order chi connectivity index (χ0) is 17.0. The fraction of sp³-hybridized carbons (Fsp3) is 0.706. The minimum absolute atomic E-state index is 0.227. The molecule has 0 atom stereocenters. The first-order valence-corrected chi connectivity index (χ1v) is 8.97. The summed E-state index contributed by atoms with van der Waals surface area (Å²) < 4.78 is 11.7. The summed E-state index contributed by atoms with van der Waals surface area (Å²) in [6.45, 7) is 6.43. The lowest BCUT2D eigenvalue weighted by atomic mass is 9.90. The Morgan fingerprint density at radius 2 is 2.00 bits per heavy atom. The third kappa shape index (κ3) is 5.84. The molecule has 1 N–H and O–H groups in total. The molecule has 23 heavy (non-hydrogen) atoms. The van der Waals surface area contributed by atoms with E-state index in [4.69, 9.17) is 9.15 Å². The molecule has 1 aromatic rings. The highest BCUT2D eigenvalue weighted by molar-refractivity contribution is 9.10. The molecular weight excluding hydrogens is 360 g/mol. The van der Waals surface area contributed by atoms with Gasteiger partial charge in [-0.3, -0.25) is 0 Å². The van der Waals surface area contributed by atoms with Gasteiger partial charge in [0.1, 0.15) is 11.4 Å². The van der Waals surface area contributed by atoms with Crippen molar-refractivity contribution in [3.63, 3.8) is 0 Å². The predicted molar refractivity (Wildman–Crippen MR) is 93.3 cm³/mol. The molecule has 1 fully saturated rings. The average molecular weight is 387 g/mol. The van der Waals surface area contributed by atoms with Crippen LogP contribution in [0.3, 0.4) is 0 Å². The van der Waals surface area contributed by atoms with Crippen molar-refractivity contribution in [1.82, 2.24) is 10.2 Å². The first kappa shape index (κ1) is 18.3. The van der Waals surface area contributed by atoms with Gasteiger partial charge in [0.05, 0.1) is 6.54 Å². The molecule has 1 aliphatic rings. The van der Waals surface area contributed by atoms with E-state index in [1.54, 1.807) is 4.90 Å². The molecule has 0 aliphatic heterocycles. The minimum atomic E-state index is -0.443. The summed E-state index contributed by atoms with van der Waals surface area (Å²) >= 11 is 3.31.